The zero-order valence-electron chi connectivity index (χ0n) is 19.4. The van der Waals surface area contributed by atoms with Crippen molar-refractivity contribution < 1.29 is 22.1 Å². The highest BCUT2D eigenvalue weighted by Gasteiger charge is 2.54. The van der Waals surface area contributed by atoms with E-state index in [4.69, 9.17) is 4.52 Å². The molecule has 9 nitrogen and oxygen atoms in total. The Balaban J connectivity index is 1.30. The molecule has 0 aliphatic heterocycles. The maximum atomic E-state index is 14.1. The monoisotopic (exact) mass is 507 g/mol. The smallest absolute Gasteiger partial charge is 0.263 e. The van der Waals surface area contributed by atoms with Crippen molar-refractivity contribution in [2.75, 3.05) is 10.0 Å². The lowest BCUT2D eigenvalue weighted by molar-refractivity contribution is -0.118. The number of nitrogens with zero attached hydrogens (tertiary/aromatic N) is 3. The molecule has 1 amide bonds. The number of hydrogen-bond acceptors (Lipinski definition) is 7. The number of hydrogen-bond donors (Lipinski definition) is 2. The van der Waals surface area contributed by atoms with Gasteiger partial charge in [-0.15, -0.1) is 0 Å². The van der Waals surface area contributed by atoms with Gasteiger partial charge in [0.25, 0.3) is 10.0 Å². The van der Waals surface area contributed by atoms with Crippen molar-refractivity contribution >= 4 is 27.4 Å². The summed E-state index contributed by atoms with van der Waals surface area (Å²) in [5, 5.41) is 6.85. The summed E-state index contributed by atoms with van der Waals surface area (Å²) < 4.78 is 47.4. The first kappa shape index (κ1) is 23.6. The summed E-state index contributed by atoms with van der Waals surface area (Å²) in [6.45, 7) is 3.42. The van der Waals surface area contributed by atoms with Crippen LogP contribution < -0.4 is 10.0 Å². The number of amides is 1. The van der Waals surface area contributed by atoms with E-state index in [9.17, 15) is 17.6 Å². The minimum absolute atomic E-state index is 0.0154. The Hall–Kier alpha value is -4.12. The Kier molecular flexibility index (Phi) is 5.79. The average Bonchev–Trinajstić information content (AvgIpc) is 3.49. The van der Waals surface area contributed by atoms with E-state index in [2.05, 4.69) is 25.2 Å². The molecule has 5 rings (SSSR count). The normalized spacial score (nSPS) is 14.3. The molecule has 0 unspecified atom stereocenters. The van der Waals surface area contributed by atoms with E-state index < -0.39 is 21.3 Å². The summed E-state index contributed by atoms with van der Waals surface area (Å²) in [5.41, 5.74) is 0.890. The Labute approximate surface area is 206 Å². The maximum absolute atomic E-state index is 14.1. The van der Waals surface area contributed by atoms with Gasteiger partial charge in [-0.3, -0.25) is 9.52 Å². The van der Waals surface area contributed by atoms with Crippen molar-refractivity contribution in [3.63, 3.8) is 0 Å². The SMILES string of the molecule is Cc1cc(NS(=O)(=O)c2ccc(NC(=O)C3(c4cc(-c5ccccc5F)on4)CC3)cc2)nc(C)n1. The first-order chi connectivity index (χ1) is 17.2. The fourth-order valence-corrected chi connectivity index (χ4v) is 4.94. The van der Waals surface area contributed by atoms with E-state index in [1.807, 2.05) is 0 Å². The molecule has 1 fully saturated rings. The predicted octanol–water partition coefficient (Wildman–Crippen LogP) is 4.36. The van der Waals surface area contributed by atoms with E-state index in [1.54, 1.807) is 38.1 Å². The van der Waals surface area contributed by atoms with Crippen LogP contribution in [0.1, 0.15) is 30.1 Å². The summed E-state index contributed by atoms with van der Waals surface area (Å²) in [6, 6.07) is 15.1. The third kappa shape index (κ3) is 4.57. The van der Waals surface area contributed by atoms with Gasteiger partial charge in [0.05, 0.1) is 21.6 Å². The topological polar surface area (TPSA) is 127 Å². The number of anilines is 2. The van der Waals surface area contributed by atoms with E-state index >= 15 is 0 Å². The third-order valence-electron chi connectivity index (χ3n) is 5.95. The van der Waals surface area contributed by atoms with Crippen LogP contribution in [0.2, 0.25) is 0 Å². The maximum Gasteiger partial charge on any atom is 0.263 e. The first-order valence-electron chi connectivity index (χ1n) is 11.1. The molecule has 2 heterocycles. The number of carbonyl (C=O) groups is 1. The number of carbonyl (C=O) groups excluding carboxylic acids is 1. The van der Waals surface area contributed by atoms with E-state index in [0.29, 0.717) is 35.7 Å². The molecule has 2 aromatic heterocycles. The fourth-order valence-electron chi connectivity index (χ4n) is 3.95. The minimum Gasteiger partial charge on any atom is -0.356 e. The van der Waals surface area contributed by atoms with E-state index in [0.717, 1.165) is 0 Å². The number of rotatable bonds is 7. The lowest BCUT2D eigenvalue weighted by atomic mass is 10.00. The number of aryl methyl sites for hydroxylation is 2. The van der Waals surface area contributed by atoms with Gasteiger partial charge < -0.3 is 9.84 Å². The van der Waals surface area contributed by atoms with Gasteiger partial charge in [-0.1, -0.05) is 17.3 Å². The van der Waals surface area contributed by atoms with Crippen molar-refractivity contribution in [1.82, 2.24) is 15.1 Å². The summed E-state index contributed by atoms with van der Waals surface area (Å²) in [7, 11) is -3.88. The molecule has 1 aliphatic carbocycles. The number of sulfonamides is 1. The zero-order valence-corrected chi connectivity index (χ0v) is 20.3. The Morgan fingerprint density at radius 3 is 2.42 bits per heavy atom. The summed E-state index contributed by atoms with van der Waals surface area (Å²) in [4.78, 5) is 21.3. The fraction of sp³-hybridized carbons (Fsp3) is 0.200. The van der Waals surface area contributed by atoms with Gasteiger partial charge in [-0.2, -0.15) is 0 Å². The van der Waals surface area contributed by atoms with Crippen LogP contribution in [0.4, 0.5) is 15.9 Å². The number of aromatic nitrogens is 3. The van der Waals surface area contributed by atoms with Gasteiger partial charge in [0.15, 0.2) is 5.76 Å². The second-order valence-corrected chi connectivity index (χ2v) is 10.3. The quantitative estimate of drug-likeness (QED) is 0.380. The van der Waals surface area contributed by atoms with Crippen LogP contribution in [0, 0.1) is 19.7 Å². The molecule has 0 spiro atoms. The third-order valence-corrected chi connectivity index (χ3v) is 7.32. The predicted molar refractivity (Wildman–Crippen MR) is 130 cm³/mol. The van der Waals surface area contributed by atoms with Gasteiger partial charge in [-0.25, -0.2) is 22.8 Å². The molecule has 2 N–H and O–H groups in total. The highest BCUT2D eigenvalue weighted by Crippen LogP contribution is 2.49. The van der Waals surface area contributed by atoms with Crippen molar-refractivity contribution in [2.24, 2.45) is 0 Å². The van der Waals surface area contributed by atoms with Gasteiger partial charge in [0.2, 0.25) is 5.91 Å². The van der Waals surface area contributed by atoms with Crippen LogP contribution >= 0.6 is 0 Å². The highest BCUT2D eigenvalue weighted by molar-refractivity contribution is 7.92. The van der Waals surface area contributed by atoms with Crippen molar-refractivity contribution in [2.45, 2.75) is 37.0 Å². The molecule has 4 aromatic rings. The summed E-state index contributed by atoms with van der Waals surface area (Å²) in [6.07, 6.45) is 1.13. The molecule has 36 heavy (non-hydrogen) atoms. The molecule has 1 saturated carbocycles. The Bertz CT molecular complexity index is 1540. The molecule has 0 radical (unpaired) electrons. The largest absolute Gasteiger partial charge is 0.356 e. The molecule has 0 atom stereocenters. The molecule has 0 saturated heterocycles. The molecule has 11 heteroatoms. The standard InChI is InChI=1S/C25H22FN5O4S/c1-15-13-23(28-16(2)27-15)31-36(33,34)18-9-7-17(8-10-18)29-24(32)25(11-12-25)22-14-21(35-30-22)19-5-3-4-6-20(19)26/h3-10,13-14H,11-12H2,1-2H3,(H,29,32)(H,27,28,31). The minimum atomic E-state index is -3.88. The molecular formula is C25H22FN5O4S. The van der Waals surface area contributed by atoms with E-state index in [1.165, 1.54) is 36.4 Å². The lowest BCUT2D eigenvalue weighted by Gasteiger charge is -2.13. The van der Waals surface area contributed by atoms with Crippen molar-refractivity contribution in [3.8, 4) is 11.3 Å². The molecule has 1 aliphatic rings. The second-order valence-electron chi connectivity index (χ2n) is 8.66. The van der Waals surface area contributed by atoms with Crippen LogP contribution in [0.25, 0.3) is 11.3 Å². The molecular weight excluding hydrogens is 485 g/mol. The Morgan fingerprint density at radius 2 is 1.75 bits per heavy atom. The summed E-state index contributed by atoms with van der Waals surface area (Å²) >= 11 is 0. The highest BCUT2D eigenvalue weighted by atomic mass is 32.2. The van der Waals surface area contributed by atoms with Crippen LogP contribution in [-0.4, -0.2) is 29.4 Å². The van der Waals surface area contributed by atoms with Crippen LogP contribution in [0.15, 0.2) is 70.1 Å². The van der Waals surface area contributed by atoms with Crippen LogP contribution in [0.5, 0.6) is 0 Å². The number of halogens is 1. The lowest BCUT2D eigenvalue weighted by Crippen LogP contribution is -2.28. The average molecular weight is 508 g/mol. The zero-order chi connectivity index (χ0) is 25.5. The number of nitrogens with one attached hydrogen (secondary N) is 2. The van der Waals surface area contributed by atoms with Crippen LogP contribution in [-0.2, 0) is 20.2 Å². The first-order valence-corrected chi connectivity index (χ1v) is 12.6. The van der Waals surface area contributed by atoms with Gasteiger partial charge >= 0.3 is 0 Å². The van der Waals surface area contributed by atoms with Crippen LogP contribution in [0.3, 0.4) is 0 Å². The van der Waals surface area contributed by atoms with Crippen molar-refractivity contribution in [3.05, 3.63) is 83.7 Å². The molecule has 184 valence electrons. The van der Waals surface area contributed by atoms with Gasteiger partial charge in [0, 0.05) is 23.5 Å². The van der Waals surface area contributed by atoms with Gasteiger partial charge in [-0.05, 0) is 63.1 Å². The summed E-state index contributed by atoms with van der Waals surface area (Å²) in [5.74, 6) is 0.141. The van der Waals surface area contributed by atoms with Crippen molar-refractivity contribution in [1.29, 1.82) is 0 Å². The Morgan fingerprint density at radius 1 is 1.03 bits per heavy atom. The second kappa shape index (κ2) is 8.83. The molecule has 0 bridgehead atoms. The number of benzene rings is 2. The molecule has 2 aromatic carbocycles. The van der Waals surface area contributed by atoms with E-state index in [-0.39, 0.29) is 27.9 Å². The van der Waals surface area contributed by atoms with Gasteiger partial charge in [0.1, 0.15) is 17.5 Å².